The number of thiazole rings is 1. The molecule has 176 valence electrons. The minimum Gasteiger partial charge on any atom is -0.316 e. The Morgan fingerprint density at radius 1 is 1.09 bits per heavy atom. The number of aryl methyl sites for hydroxylation is 3. The molecule has 1 unspecified atom stereocenters. The van der Waals surface area contributed by atoms with E-state index >= 15 is 0 Å². The van der Waals surface area contributed by atoms with E-state index in [-0.39, 0.29) is 16.8 Å². The van der Waals surface area contributed by atoms with Crippen LogP contribution in [0.3, 0.4) is 0 Å². The lowest BCUT2D eigenvalue weighted by Gasteiger charge is -2.34. The van der Waals surface area contributed by atoms with Gasteiger partial charge >= 0.3 is 0 Å². The van der Waals surface area contributed by atoms with Crippen LogP contribution in [0.15, 0.2) is 46.3 Å². The Labute approximate surface area is 199 Å². The lowest BCUT2D eigenvalue weighted by atomic mass is 10.0. The Morgan fingerprint density at radius 2 is 1.82 bits per heavy atom. The number of piperidine rings is 1. The quantitative estimate of drug-likeness (QED) is 0.509. The predicted octanol–water partition coefficient (Wildman–Crippen LogP) is 5.03. The fourth-order valence-corrected chi connectivity index (χ4v) is 7.49. The molecule has 1 atom stereocenters. The number of hydrogen-bond acceptors (Lipinski definition) is 4. The van der Waals surface area contributed by atoms with E-state index in [4.69, 9.17) is 0 Å². The molecule has 0 radical (unpaired) electrons. The van der Waals surface area contributed by atoms with Gasteiger partial charge in [-0.1, -0.05) is 30.7 Å². The van der Waals surface area contributed by atoms with Crippen LogP contribution in [0.4, 0.5) is 0 Å². The molecule has 4 rings (SSSR count). The first-order valence-electron chi connectivity index (χ1n) is 11.6. The summed E-state index contributed by atoms with van der Waals surface area (Å²) in [6.07, 6.45) is 3.65. The van der Waals surface area contributed by atoms with Crippen molar-refractivity contribution in [2.24, 2.45) is 4.99 Å². The van der Waals surface area contributed by atoms with Crippen LogP contribution in [0.2, 0.25) is 0 Å². The summed E-state index contributed by atoms with van der Waals surface area (Å²) < 4.78 is 31.2. The number of rotatable bonds is 5. The molecule has 6 nitrogen and oxygen atoms in total. The molecular formula is C25H31N3O3S2. The van der Waals surface area contributed by atoms with Crippen molar-refractivity contribution in [2.45, 2.75) is 70.9 Å². The van der Waals surface area contributed by atoms with Crippen LogP contribution in [0.25, 0.3) is 10.2 Å². The highest BCUT2D eigenvalue weighted by Crippen LogP contribution is 2.27. The fraction of sp³-hybridized carbons (Fsp3) is 0.440. The molecule has 8 heteroatoms. The van der Waals surface area contributed by atoms with Gasteiger partial charge in [0, 0.05) is 24.7 Å². The van der Waals surface area contributed by atoms with Crippen LogP contribution in [0.1, 0.15) is 61.0 Å². The van der Waals surface area contributed by atoms with E-state index in [1.165, 1.54) is 34.6 Å². The van der Waals surface area contributed by atoms with Crippen LogP contribution < -0.4 is 4.80 Å². The van der Waals surface area contributed by atoms with Gasteiger partial charge in [-0.2, -0.15) is 9.30 Å². The molecule has 0 aliphatic carbocycles. The summed E-state index contributed by atoms with van der Waals surface area (Å²) in [6.45, 7) is 9.51. The maximum Gasteiger partial charge on any atom is 0.279 e. The summed E-state index contributed by atoms with van der Waals surface area (Å²) in [5.74, 6) is -0.369. The Balaban J connectivity index is 1.66. The summed E-state index contributed by atoms with van der Waals surface area (Å²) in [7, 11) is -3.57. The van der Waals surface area contributed by atoms with E-state index in [1.807, 2.05) is 13.8 Å². The van der Waals surface area contributed by atoms with Gasteiger partial charge in [0.1, 0.15) is 0 Å². The monoisotopic (exact) mass is 485 g/mol. The van der Waals surface area contributed by atoms with Crippen molar-refractivity contribution < 1.29 is 13.2 Å². The predicted molar refractivity (Wildman–Crippen MR) is 133 cm³/mol. The van der Waals surface area contributed by atoms with Crippen molar-refractivity contribution in [3.05, 3.63) is 57.9 Å². The fourth-order valence-electron chi connectivity index (χ4n) is 4.57. The van der Waals surface area contributed by atoms with Crippen molar-refractivity contribution in [1.29, 1.82) is 0 Å². The molecule has 0 saturated carbocycles. The zero-order valence-corrected chi connectivity index (χ0v) is 21.3. The third kappa shape index (κ3) is 4.44. The highest BCUT2D eigenvalue weighted by molar-refractivity contribution is 7.89. The van der Waals surface area contributed by atoms with Gasteiger partial charge in [-0.05, 0) is 81.5 Å². The molecule has 2 aromatic carbocycles. The van der Waals surface area contributed by atoms with Crippen LogP contribution in [-0.2, 0) is 16.6 Å². The van der Waals surface area contributed by atoms with Crippen molar-refractivity contribution >= 4 is 37.5 Å². The number of benzene rings is 2. The molecule has 0 bridgehead atoms. The molecule has 0 spiro atoms. The first-order valence-corrected chi connectivity index (χ1v) is 13.8. The van der Waals surface area contributed by atoms with Gasteiger partial charge in [-0.25, -0.2) is 8.42 Å². The molecule has 33 heavy (non-hydrogen) atoms. The number of carbonyl (C=O) groups is 1. The third-order valence-corrected chi connectivity index (χ3v) is 9.64. The summed E-state index contributed by atoms with van der Waals surface area (Å²) in [5, 5.41) is 0. The lowest BCUT2D eigenvalue weighted by Crippen LogP contribution is -2.43. The topological polar surface area (TPSA) is 71.7 Å². The average molecular weight is 486 g/mol. The zero-order chi connectivity index (χ0) is 23.8. The van der Waals surface area contributed by atoms with Gasteiger partial charge in [0.15, 0.2) is 4.80 Å². The molecule has 1 aliphatic heterocycles. The molecule has 1 aliphatic rings. The molecule has 0 N–H and O–H groups in total. The Morgan fingerprint density at radius 3 is 2.48 bits per heavy atom. The normalized spacial score (nSPS) is 18.2. The first-order chi connectivity index (χ1) is 15.8. The van der Waals surface area contributed by atoms with Crippen LogP contribution in [-0.4, -0.2) is 35.8 Å². The van der Waals surface area contributed by atoms with E-state index in [0.717, 1.165) is 35.9 Å². The SMILES string of the molecule is CCC1CCCCN1S(=O)(=O)c1ccc(C(=O)N=c2sc3ccc(C)c(C)c3n2CC)cc1. The van der Waals surface area contributed by atoms with Crippen molar-refractivity contribution in [3.63, 3.8) is 0 Å². The summed E-state index contributed by atoms with van der Waals surface area (Å²) in [5.41, 5.74) is 3.89. The van der Waals surface area contributed by atoms with Gasteiger partial charge < -0.3 is 4.57 Å². The van der Waals surface area contributed by atoms with Gasteiger partial charge in [0.05, 0.1) is 15.1 Å². The second-order valence-corrected chi connectivity index (χ2v) is 11.5. The Kier molecular flexibility index (Phi) is 6.88. The molecule has 1 saturated heterocycles. The Bertz CT molecular complexity index is 1350. The van der Waals surface area contributed by atoms with Gasteiger partial charge in [-0.3, -0.25) is 4.79 Å². The first kappa shape index (κ1) is 23.9. The molecule has 1 amide bonds. The molecular weight excluding hydrogens is 454 g/mol. The minimum absolute atomic E-state index is 0.0459. The van der Waals surface area contributed by atoms with Gasteiger partial charge in [-0.15, -0.1) is 0 Å². The summed E-state index contributed by atoms with van der Waals surface area (Å²) in [4.78, 5) is 18.2. The number of sulfonamides is 1. The second kappa shape index (κ2) is 9.52. The van der Waals surface area contributed by atoms with E-state index in [2.05, 4.69) is 35.5 Å². The van der Waals surface area contributed by atoms with Gasteiger partial charge in [0.2, 0.25) is 10.0 Å². The number of hydrogen-bond donors (Lipinski definition) is 0. The molecule has 1 fully saturated rings. The van der Waals surface area contributed by atoms with Crippen LogP contribution >= 0.6 is 11.3 Å². The number of fused-ring (bicyclic) bond motifs is 1. The number of nitrogens with zero attached hydrogens (tertiary/aromatic N) is 3. The number of amides is 1. The van der Waals surface area contributed by atoms with Crippen molar-refractivity contribution in [2.75, 3.05) is 6.54 Å². The third-order valence-electron chi connectivity index (χ3n) is 6.63. The maximum absolute atomic E-state index is 13.2. The van der Waals surface area contributed by atoms with Crippen molar-refractivity contribution in [3.8, 4) is 0 Å². The van der Waals surface area contributed by atoms with Crippen LogP contribution in [0.5, 0.6) is 0 Å². The average Bonchev–Trinajstić information content (AvgIpc) is 3.19. The second-order valence-electron chi connectivity index (χ2n) is 8.60. The number of carbonyl (C=O) groups excluding carboxylic acids is 1. The van der Waals surface area contributed by atoms with E-state index < -0.39 is 10.0 Å². The van der Waals surface area contributed by atoms with Gasteiger partial charge in [0.25, 0.3) is 5.91 Å². The molecule has 2 heterocycles. The highest BCUT2D eigenvalue weighted by atomic mass is 32.2. The molecule has 1 aromatic heterocycles. The van der Waals surface area contributed by atoms with E-state index in [0.29, 0.717) is 23.5 Å². The van der Waals surface area contributed by atoms with Crippen molar-refractivity contribution in [1.82, 2.24) is 8.87 Å². The zero-order valence-electron chi connectivity index (χ0n) is 19.7. The summed E-state index contributed by atoms with van der Waals surface area (Å²) in [6, 6.07) is 10.4. The van der Waals surface area contributed by atoms with E-state index in [9.17, 15) is 13.2 Å². The molecule has 3 aromatic rings. The minimum atomic E-state index is -3.57. The number of aromatic nitrogens is 1. The standard InChI is InChI=1S/C25H31N3O3S2/c1-5-20-9-7-8-16-28(20)33(30,31)21-13-11-19(12-14-21)24(29)26-25-27(6-2)23-18(4)17(3)10-15-22(23)32-25/h10-15,20H,5-9,16H2,1-4H3. The Hall–Kier alpha value is -2.29. The lowest BCUT2D eigenvalue weighted by molar-refractivity contribution is 0.0997. The highest BCUT2D eigenvalue weighted by Gasteiger charge is 2.32. The maximum atomic E-state index is 13.2. The van der Waals surface area contributed by atoms with Crippen LogP contribution in [0, 0.1) is 13.8 Å². The largest absolute Gasteiger partial charge is 0.316 e. The van der Waals surface area contributed by atoms with E-state index in [1.54, 1.807) is 16.4 Å². The summed E-state index contributed by atoms with van der Waals surface area (Å²) >= 11 is 1.50. The smallest absolute Gasteiger partial charge is 0.279 e.